The molecule has 2 N–H and O–H groups in total. The quantitative estimate of drug-likeness (QED) is 0.891. The van der Waals surface area contributed by atoms with Crippen LogP contribution in [0, 0.1) is 20.8 Å². The molecule has 5 heteroatoms. The summed E-state index contributed by atoms with van der Waals surface area (Å²) in [6, 6.07) is 0.00945. The topological polar surface area (TPSA) is 56.7 Å². The Morgan fingerprint density at radius 2 is 1.94 bits per heavy atom. The van der Waals surface area contributed by atoms with Gasteiger partial charge in [-0.3, -0.25) is 4.68 Å². The van der Waals surface area contributed by atoms with E-state index in [2.05, 4.69) is 17.0 Å². The molecule has 2 aromatic heterocycles. The van der Waals surface area contributed by atoms with Crippen LogP contribution in [-0.2, 0) is 7.05 Å². The van der Waals surface area contributed by atoms with Crippen molar-refractivity contribution in [3.8, 4) is 11.3 Å². The third-order valence-corrected chi connectivity index (χ3v) is 4.09. The van der Waals surface area contributed by atoms with Gasteiger partial charge in [-0.15, -0.1) is 11.3 Å². The van der Waals surface area contributed by atoms with Crippen LogP contribution in [0.3, 0.4) is 0 Å². The van der Waals surface area contributed by atoms with Gasteiger partial charge in [0.25, 0.3) is 0 Å². The van der Waals surface area contributed by atoms with Crippen LogP contribution in [0.5, 0.6) is 0 Å². The number of hydrogen-bond donors (Lipinski definition) is 1. The van der Waals surface area contributed by atoms with Crippen LogP contribution < -0.4 is 5.73 Å². The van der Waals surface area contributed by atoms with E-state index in [1.165, 1.54) is 0 Å². The molecule has 0 radical (unpaired) electrons. The summed E-state index contributed by atoms with van der Waals surface area (Å²) in [7, 11) is 1.95. The van der Waals surface area contributed by atoms with E-state index in [-0.39, 0.29) is 6.04 Å². The van der Waals surface area contributed by atoms with Gasteiger partial charge in [0.15, 0.2) is 0 Å². The lowest BCUT2D eigenvalue weighted by Gasteiger charge is -2.05. The molecule has 0 fully saturated rings. The summed E-state index contributed by atoms with van der Waals surface area (Å²) in [5.41, 5.74) is 10.3. The molecule has 0 aromatic carbocycles. The monoisotopic (exact) mass is 250 g/mol. The first kappa shape index (κ1) is 12.3. The van der Waals surface area contributed by atoms with E-state index in [4.69, 9.17) is 5.73 Å². The predicted molar refractivity (Wildman–Crippen MR) is 71.1 cm³/mol. The Kier molecular flexibility index (Phi) is 3.05. The van der Waals surface area contributed by atoms with Crippen LogP contribution in [0.2, 0.25) is 0 Å². The first-order valence-electron chi connectivity index (χ1n) is 5.65. The Balaban J connectivity index is 2.68. The van der Waals surface area contributed by atoms with E-state index < -0.39 is 0 Å². The Morgan fingerprint density at radius 1 is 1.29 bits per heavy atom. The number of aryl methyl sites for hydroxylation is 3. The first-order chi connectivity index (χ1) is 7.91. The molecule has 0 saturated carbocycles. The molecule has 1 atom stereocenters. The van der Waals surface area contributed by atoms with E-state index >= 15 is 0 Å². The Hall–Kier alpha value is -1.20. The molecule has 2 heterocycles. The van der Waals surface area contributed by atoms with Crippen molar-refractivity contribution in [2.24, 2.45) is 12.8 Å². The third-order valence-electron chi connectivity index (χ3n) is 2.92. The van der Waals surface area contributed by atoms with Crippen molar-refractivity contribution in [2.75, 3.05) is 0 Å². The fourth-order valence-electron chi connectivity index (χ4n) is 2.05. The summed E-state index contributed by atoms with van der Waals surface area (Å²) in [5.74, 6) is 0. The predicted octanol–water partition coefficient (Wildman–Crippen LogP) is 2.49. The average molecular weight is 250 g/mol. The summed E-state index contributed by atoms with van der Waals surface area (Å²) in [6.07, 6.45) is 0. The smallest absolute Gasteiger partial charge is 0.0905 e. The van der Waals surface area contributed by atoms with E-state index in [9.17, 15) is 0 Å². The summed E-state index contributed by atoms with van der Waals surface area (Å²) in [4.78, 5) is 5.76. The summed E-state index contributed by atoms with van der Waals surface area (Å²) in [5, 5.41) is 5.49. The zero-order valence-electron chi connectivity index (χ0n) is 10.9. The molecule has 4 nitrogen and oxygen atoms in total. The molecule has 0 amide bonds. The SMILES string of the molecule is Cc1nc(-c2c(C)nn(C)c2C)c(C(C)N)s1. The van der Waals surface area contributed by atoms with E-state index in [1.54, 1.807) is 11.3 Å². The minimum Gasteiger partial charge on any atom is -0.323 e. The molecule has 0 aliphatic carbocycles. The highest BCUT2D eigenvalue weighted by molar-refractivity contribution is 7.12. The van der Waals surface area contributed by atoms with Crippen LogP contribution in [0.1, 0.15) is 34.2 Å². The van der Waals surface area contributed by atoms with Crippen molar-refractivity contribution < 1.29 is 0 Å². The normalized spacial score (nSPS) is 13.1. The molecule has 1 unspecified atom stereocenters. The standard InChI is InChI=1S/C12H18N4S/c1-6(13)12-11(14-9(4)17-12)10-7(2)15-16(5)8(10)3/h6H,13H2,1-5H3. The molecule has 2 aromatic rings. The first-order valence-corrected chi connectivity index (χ1v) is 6.47. The minimum atomic E-state index is 0.00945. The molecular weight excluding hydrogens is 232 g/mol. The van der Waals surface area contributed by atoms with Crippen LogP contribution >= 0.6 is 11.3 Å². The van der Waals surface area contributed by atoms with Crippen LogP contribution in [0.25, 0.3) is 11.3 Å². The van der Waals surface area contributed by atoms with Crippen molar-refractivity contribution in [1.29, 1.82) is 0 Å². The highest BCUT2D eigenvalue weighted by Crippen LogP contribution is 2.35. The molecule has 0 spiro atoms. The maximum absolute atomic E-state index is 6.02. The van der Waals surface area contributed by atoms with Gasteiger partial charge < -0.3 is 5.73 Å². The largest absolute Gasteiger partial charge is 0.323 e. The second kappa shape index (κ2) is 4.23. The van der Waals surface area contributed by atoms with Crippen LogP contribution in [0.15, 0.2) is 0 Å². The lowest BCUT2D eigenvalue weighted by atomic mass is 10.1. The van der Waals surface area contributed by atoms with Crippen molar-refractivity contribution >= 4 is 11.3 Å². The second-order valence-electron chi connectivity index (χ2n) is 4.40. The van der Waals surface area contributed by atoms with Crippen molar-refractivity contribution in [1.82, 2.24) is 14.8 Å². The van der Waals surface area contributed by atoms with Gasteiger partial charge >= 0.3 is 0 Å². The summed E-state index contributed by atoms with van der Waals surface area (Å²) < 4.78 is 1.89. The van der Waals surface area contributed by atoms with E-state index in [0.717, 1.165) is 32.5 Å². The molecule has 0 bridgehead atoms. The summed E-state index contributed by atoms with van der Waals surface area (Å²) >= 11 is 1.67. The average Bonchev–Trinajstić information content (AvgIpc) is 2.70. The fraction of sp³-hybridized carbons (Fsp3) is 0.500. The zero-order valence-corrected chi connectivity index (χ0v) is 11.7. The number of nitrogens with two attached hydrogens (primary N) is 1. The van der Waals surface area contributed by atoms with Gasteiger partial charge in [-0.1, -0.05) is 0 Å². The zero-order chi connectivity index (χ0) is 12.7. The van der Waals surface area contributed by atoms with Gasteiger partial charge in [0, 0.05) is 29.2 Å². The fourth-order valence-corrected chi connectivity index (χ4v) is 2.93. The number of hydrogen-bond acceptors (Lipinski definition) is 4. The molecule has 0 saturated heterocycles. The van der Waals surface area contributed by atoms with Gasteiger partial charge in [-0.25, -0.2) is 4.98 Å². The Bertz CT molecular complexity index is 551. The van der Waals surface area contributed by atoms with Crippen molar-refractivity contribution in [3.63, 3.8) is 0 Å². The molecule has 92 valence electrons. The van der Waals surface area contributed by atoms with Crippen LogP contribution in [0.4, 0.5) is 0 Å². The minimum absolute atomic E-state index is 0.00945. The Morgan fingerprint density at radius 3 is 2.41 bits per heavy atom. The maximum Gasteiger partial charge on any atom is 0.0905 e. The second-order valence-corrected chi connectivity index (χ2v) is 5.64. The van der Waals surface area contributed by atoms with Gasteiger partial charge in [0.05, 0.1) is 16.4 Å². The van der Waals surface area contributed by atoms with Gasteiger partial charge in [-0.2, -0.15) is 5.10 Å². The molecular formula is C12H18N4S. The number of nitrogens with zero attached hydrogens (tertiary/aromatic N) is 3. The van der Waals surface area contributed by atoms with Gasteiger partial charge in [0.1, 0.15) is 0 Å². The van der Waals surface area contributed by atoms with Gasteiger partial charge in [-0.05, 0) is 27.7 Å². The van der Waals surface area contributed by atoms with E-state index in [0.29, 0.717) is 0 Å². The lowest BCUT2D eigenvalue weighted by Crippen LogP contribution is -2.04. The van der Waals surface area contributed by atoms with Crippen LogP contribution in [-0.4, -0.2) is 14.8 Å². The third kappa shape index (κ3) is 2.00. The maximum atomic E-state index is 6.02. The molecule has 0 aliphatic rings. The number of thiazole rings is 1. The molecule has 0 aliphatic heterocycles. The highest BCUT2D eigenvalue weighted by atomic mass is 32.1. The summed E-state index contributed by atoms with van der Waals surface area (Å²) in [6.45, 7) is 8.09. The lowest BCUT2D eigenvalue weighted by molar-refractivity contribution is 0.731. The highest BCUT2D eigenvalue weighted by Gasteiger charge is 2.20. The van der Waals surface area contributed by atoms with E-state index in [1.807, 2.05) is 32.5 Å². The molecule has 2 rings (SSSR count). The number of aromatic nitrogens is 3. The number of rotatable bonds is 2. The van der Waals surface area contributed by atoms with Gasteiger partial charge in [0.2, 0.25) is 0 Å². The van der Waals surface area contributed by atoms with Crippen molar-refractivity contribution in [2.45, 2.75) is 33.7 Å². The Labute approximate surface area is 105 Å². The van der Waals surface area contributed by atoms with Crippen molar-refractivity contribution in [3.05, 3.63) is 21.3 Å². The molecule has 17 heavy (non-hydrogen) atoms.